The molecule has 2 aromatic carbocycles. The topological polar surface area (TPSA) is 30.9 Å². The van der Waals surface area contributed by atoms with E-state index in [0.717, 1.165) is 51.2 Å². The molecule has 136 valence electrons. The van der Waals surface area contributed by atoms with Crippen LogP contribution in [0.4, 0.5) is 5.69 Å². The van der Waals surface area contributed by atoms with E-state index in [1.165, 1.54) is 16.8 Å². The number of benzene rings is 2. The highest BCUT2D eigenvalue weighted by Gasteiger charge is 2.52. The Balaban J connectivity index is 1.55. The highest BCUT2D eigenvalue weighted by atomic mass is 16.7. The third-order valence-corrected chi connectivity index (χ3v) is 6.38. The number of nitrogens with zero attached hydrogens (tertiary/aromatic N) is 1. The van der Waals surface area contributed by atoms with E-state index in [1.54, 1.807) is 7.11 Å². The van der Waals surface area contributed by atoms with Crippen molar-refractivity contribution in [1.82, 2.24) is 0 Å². The van der Waals surface area contributed by atoms with E-state index >= 15 is 0 Å². The Hall–Kier alpha value is -2.04. The summed E-state index contributed by atoms with van der Waals surface area (Å²) in [6.07, 6.45) is 3.98. The predicted octanol–water partition coefficient (Wildman–Crippen LogP) is 4.23. The summed E-state index contributed by atoms with van der Waals surface area (Å²) in [6.45, 7) is 2.39. The summed E-state index contributed by atoms with van der Waals surface area (Å²) >= 11 is 0. The zero-order chi connectivity index (χ0) is 17.6. The largest absolute Gasteiger partial charge is 0.497 e. The lowest BCUT2D eigenvalue weighted by Gasteiger charge is -2.48. The van der Waals surface area contributed by atoms with Crippen molar-refractivity contribution in [2.24, 2.45) is 0 Å². The van der Waals surface area contributed by atoms with Crippen molar-refractivity contribution in [1.29, 1.82) is 0 Å². The Morgan fingerprint density at radius 3 is 2.46 bits per heavy atom. The van der Waals surface area contributed by atoms with Crippen molar-refractivity contribution in [2.45, 2.75) is 43.6 Å². The average molecular weight is 351 g/mol. The van der Waals surface area contributed by atoms with Crippen LogP contribution < -0.4 is 9.64 Å². The second kappa shape index (κ2) is 6.00. The highest BCUT2D eigenvalue weighted by Crippen LogP contribution is 2.54. The van der Waals surface area contributed by atoms with E-state index in [-0.39, 0.29) is 11.3 Å². The highest BCUT2D eigenvalue weighted by molar-refractivity contribution is 5.60. The van der Waals surface area contributed by atoms with Crippen LogP contribution in [0.3, 0.4) is 0 Å². The minimum absolute atomic E-state index is 0.0174. The monoisotopic (exact) mass is 351 g/mol. The van der Waals surface area contributed by atoms with Crippen molar-refractivity contribution in [2.75, 3.05) is 25.2 Å². The van der Waals surface area contributed by atoms with Crippen LogP contribution in [0, 0.1) is 0 Å². The van der Waals surface area contributed by atoms with Gasteiger partial charge in [0, 0.05) is 31.1 Å². The number of methoxy groups -OCH3 is 1. The molecule has 0 unspecified atom stereocenters. The van der Waals surface area contributed by atoms with Gasteiger partial charge in [0.15, 0.2) is 5.79 Å². The minimum Gasteiger partial charge on any atom is -0.497 e. The van der Waals surface area contributed by atoms with E-state index in [1.807, 2.05) is 6.07 Å². The van der Waals surface area contributed by atoms with Crippen LogP contribution in [0.25, 0.3) is 0 Å². The average Bonchev–Trinajstić information content (AvgIpc) is 3.28. The number of ether oxygens (including phenoxy) is 3. The van der Waals surface area contributed by atoms with Gasteiger partial charge in [0.25, 0.3) is 0 Å². The third kappa shape index (κ3) is 2.36. The zero-order valence-corrected chi connectivity index (χ0v) is 15.2. The van der Waals surface area contributed by atoms with Gasteiger partial charge in [-0.3, -0.25) is 0 Å². The lowest BCUT2D eigenvalue weighted by atomic mass is 9.74. The summed E-state index contributed by atoms with van der Waals surface area (Å²) in [5, 5.41) is 0. The lowest BCUT2D eigenvalue weighted by Crippen LogP contribution is -2.49. The van der Waals surface area contributed by atoms with Crippen LogP contribution in [0.2, 0.25) is 0 Å². The van der Waals surface area contributed by atoms with Crippen LogP contribution in [0.1, 0.15) is 36.8 Å². The SMILES string of the molecule is COc1cccc(N2Cc3ccccc3C23CCC2(CC3)OCCO2)c1. The maximum Gasteiger partial charge on any atom is 0.168 e. The van der Waals surface area contributed by atoms with Crippen molar-refractivity contribution >= 4 is 5.69 Å². The molecule has 2 aromatic rings. The molecule has 0 amide bonds. The molecule has 1 saturated heterocycles. The van der Waals surface area contributed by atoms with E-state index in [9.17, 15) is 0 Å². The second-order valence-corrected chi connectivity index (χ2v) is 7.58. The molecular formula is C22H25NO3. The number of hydrogen-bond donors (Lipinski definition) is 0. The van der Waals surface area contributed by atoms with Gasteiger partial charge in [-0.1, -0.05) is 30.3 Å². The molecule has 0 N–H and O–H groups in total. The Bertz CT molecular complexity index is 803. The molecule has 2 fully saturated rings. The van der Waals surface area contributed by atoms with E-state index in [0.29, 0.717) is 0 Å². The summed E-state index contributed by atoms with van der Waals surface area (Å²) < 4.78 is 17.5. The fraction of sp³-hybridized carbons (Fsp3) is 0.455. The van der Waals surface area contributed by atoms with Crippen molar-refractivity contribution in [3.05, 3.63) is 59.7 Å². The van der Waals surface area contributed by atoms with Crippen LogP contribution in [-0.4, -0.2) is 26.1 Å². The van der Waals surface area contributed by atoms with E-state index in [4.69, 9.17) is 14.2 Å². The van der Waals surface area contributed by atoms with Gasteiger partial charge in [-0.2, -0.15) is 0 Å². The molecule has 3 aliphatic rings. The molecule has 2 aliphatic heterocycles. The summed E-state index contributed by atoms with van der Waals surface area (Å²) in [7, 11) is 1.73. The first-order valence-electron chi connectivity index (χ1n) is 9.53. The van der Waals surface area contributed by atoms with Crippen LogP contribution in [0.5, 0.6) is 5.75 Å². The molecule has 26 heavy (non-hydrogen) atoms. The molecule has 2 spiro atoms. The number of rotatable bonds is 2. The van der Waals surface area contributed by atoms with Gasteiger partial charge in [-0.05, 0) is 36.1 Å². The normalized spacial score (nSPS) is 22.7. The first-order valence-corrected chi connectivity index (χ1v) is 9.53. The molecule has 0 radical (unpaired) electrons. The predicted molar refractivity (Wildman–Crippen MR) is 100 cm³/mol. The van der Waals surface area contributed by atoms with Crippen LogP contribution in [-0.2, 0) is 21.6 Å². The zero-order valence-electron chi connectivity index (χ0n) is 15.2. The van der Waals surface area contributed by atoms with Gasteiger partial charge in [0.2, 0.25) is 0 Å². The molecule has 4 nitrogen and oxygen atoms in total. The van der Waals surface area contributed by atoms with Crippen molar-refractivity contribution in [3.63, 3.8) is 0 Å². The summed E-state index contributed by atoms with van der Waals surface area (Å²) in [5.74, 6) is 0.561. The molecule has 4 heteroatoms. The molecule has 2 heterocycles. The van der Waals surface area contributed by atoms with E-state index in [2.05, 4.69) is 47.4 Å². The molecule has 1 aliphatic carbocycles. The number of fused-ring (bicyclic) bond motifs is 2. The Labute approximate surface area is 154 Å². The van der Waals surface area contributed by atoms with E-state index < -0.39 is 0 Å². The number of hydrogen-bond acceptors (Lipinski definition) is 4. The van der Waals surface area contributed by atoms with Crippen molar-refractivity contribution < 1.29 is 14.2 Å². The standard InChI is InChI=1S/C22H25NO3/c1-24-19-7-4-6-18(15-19)23-16-17-5-2-3-8-20(17)21(23)9-11-22(12-10-21)25-13-14-26-22/h2-8,15H,9-14,16H2,1H3. The molecular weight excluding hydrogens is 326 g/mol. The Morgan fingerprint density at radius 2 is 1.69 bits per heavy atom. The quantitative estimate of drug-likeness (QED) is 0.810. The lowest BCUT2D eigenvalue weighted by molar-refractivity contribution is -0.184. The summed E-state index contributed by atoms with van der Waals surface area (Å²) in [5.41, 5.74) is 4.14. The smallest absolute Gasteiger partial charge is 0.168 e. The summed E-state index contributed by atoms with van der Waals surface area (Å²) in [6, 6.07) is 17.3. The molecule has 0 aromatic heterocycles. The Morgan fingerprint density at radius 1 is 0.923 bits per heavy atom. The van der Waals surface area contributed by atoms with Gasteiger partial charge >= 0.3 is 0 Å². The van der Waals surface area contributed by atoms with Gasteiger partial charge in [0.05, 0.1) is 25.9 Å². The van der Waals surface area contributed by atoms with Crippen LogP contribution in [0.15, 0.2) is 48.5 Å². The first-order chi connectivity index (χ1) is 12.7. The molecule has 5 rings (SSSR count). The third-order valence-electron chi connectivity index (χ3n) is 6.38. The van der Waals surface area contributed by atoms with Crippen LogP contribution >= 0.6 is 0 Å². The number of anilines is 1. The minimum atomic E-state index is -0.344. The van der Waals surface area contributed by atoms with Gasteiger partial charge in [-0.15, -0.1) is 0 Å². The van der Waals surface area contributed by atoms with Gasteiger partial charge < -0.3 is 19.1 Å². The maximum atomic E-state index is 5.99. The van der Waals surface area contributed by atoms with Gasteiger partial charge in [-0.25, -0.2) is 0 Å². The Kier molecular flexibility index (Phi) is 3.73. The summed E-state index contributed by atoms with van der Waals surface area (Å²) in [4.78, 5) is 2.57. The first kappa shape index (κ1) is 16.2. The fourth-order valence-corrected chi connectivity index (χ4v) is 5.07. The molecule has 0 atom stereocenters. The molecule has 0 bridgehead atoms. The fourth-order valence-electron chi connectivity index (χ4n) is 5.07. The maximum absolute atomic E-state index is 5.99. The molecule has 1 saturated carbocycles. The second-order valence-electron chi connectivity index (χ2n) is 7.58. The van der Waals surface area contributed by atoms with Crippen molar-refractivity contribution in [3.8, 4) is 5.75 Å². The van der Waals surface area contributed by atoms with Gasteiger partial charge in [0.1, 0.15) is 5.75 Å².